The number of hydrogen-bond donors (Lipinski definition) is 0. The van der Waals surface area contributed by atoms with Gasteiger partial charge in [0.1, 0.15) is 0 Å². The van der Waals surface area contributed by atoms with E-state index in [0.717, 1.165) is 60.3 Å². The summed E-state index contributed by atoms with van der Waals surface area (Å²) in [4.78, 5) is 17.4. The van der Waals surface area contributed by atoms with Gasteiger partial charge in [0.2, 0.25) is 5.95 Å². The lowest BCUT2D eigenvalue weighted by Gasteiger charge is -2.36. The zero-order valence-corrected chi connectivity index (χ0v) is 18.9. The van der Waals surface area contributed by atoms with Crippen LogP contribution in [0.4, 0.5) is 11.8 Å². The number of aromatic nitrogens is 5. The van der Waals surface area contributed by atoms with E-state index < -0.39 is 0 Å². The predicted octanol–water partition coefficient (Wildman–Crippen LogP) is 4.17. The molecule has 1 aromatic carbocycles. The fourth-order valence-corrected chi connectivity index (χ4v) is 3.69. The van der Waals surface area contributed by atoms with E-state index in [1.54, 1.807) is 12.4 Å². The number of benzene rings is 1. The van der Waals surface area contributed by atoms with Crippen molar-refractivity contribution in [2.45, 2.75) is 0 Å². The van der Waals surface area contributed by atoms with Crippen molar-refractivity contribution in [1.29, 1.82) is 0 Å². The zero-order chi connectivity index (χ0) is 20.2. The molecule has 1 aliphatic rings. The molecule has 1 fully saturated rings. The van der Waals surface area contributed by atoms with Gasteiger partial charge in [-0.15, -0.1) is 35.0 Å². The Balaban J connectivity index is 0.00000144. The maximum absolute atomic E-state index is 4.66. The minimum atomic E-state index is 0. The van der Waals surface area contributed by atoms with Crippen LogP contribution in [0.15, 0.2) is 79.4 Å². The molecule has 0 saturated carbocycles. The van der Waals surface area contributed by atoms with Crippen LogP contribution in [0.1, 0.15) is 0 Å². The Morgan fingerprint density at radius 3 is 1.97 bits per heavy atom. The summed E-state index contributed by atoms with van der Waals surface area (Å²) >= 11 is 0. The van der Waals surface area contributed by atoms with Gasteiger partial charge in [-0.3, -0.25) is 4.98 Å². The van der Waals surface area contributed by atoms with Crippen LogP contribution in [0.5, 0.6) is 0 Å². The van der Waals surface area contributed by atoms with Gasteiger partial charge < -0.3 is 9.80 Å². The average Bonchev–Trinajstić information content (AvgIpc) is 2.85. The number of halogens is 2. The molecule has 0 atom stereocenters. The normalized spacial score (nSPS) is 13.1. The summed E-state index contributed by atoms with van der Waals surface area (Å²) in [5.41, 5.74) is 4.07. The van der Waals surface area contributed by atoms with E-state index in [4.69, 9.17) is 0 Å². The van der Waals surface area contributed by atoms with E-state index in [1.165, 1.54) is 0 Å². The standard InChI is InChI=1S/C23H21N7.2ClH/c1-2-5-19(6-3-1)21-17-20(18-7-11-24-12-8-18)22(28-27-21)29-13-15-30(16-14-29)23-25-9-4-10-26-23;;/h1-12,17H,13-16H2;2*1H. The first kappa shape index (κ1) is 23.4. The van der Waals surface area contributed by atoms with Gasteiger partial charge in [-0.2, -0.15) is 0 Å². The Morgan fingerprint density at radius 1 is 0.625 bits per heavy atom. The minimum Gasteiger partial charge on any atom is -0.351 e. The van der Waals surface area contributed by atoms with Crippen LogP contribution < -0.4 is 9.80 Å². The molecule has 0 N–H and O–H groups in total. The van der Waals surface area contributed by atoms with Crippen LogP contribution in [0.3, 0.4) is 0 Å². The molecule has 32 heavy (non-hydrogen) atoms. The van der Waals surface area contributed by atoms with Crippen molar-refractivity contribution in [3.05, 3.63) is 79.4 Å². The van der Waals surface area contributed by atoms with Crippen LogP contribution in [0.2, 0.25) is 0 Å². The second-order valence-electron chi connectivity index (χ2n) is 7.09. The fourth-order valence-electron chi connectivity index (χ4n) is 3.69. The highest BCUT2D eigenvalue weighted by molar-refractivity contribution is 5.85. The van der Waals surface area contributed by atoms with Gasteiger partial charge in [-0.25, -0.2) is 9.97 Å². The number of piperazine rings is 1. The van der Waals surface area contributed by atoms with Crippen molar-refractivity contribution in [1.82, 2.24) is 25.1 Å². The summed E-state index contributed by atoms with van der Waals surface area (Å²) in [6.07, 6.45) is 7.19. The third-order valence-electron chi connectivity index (χ3n) is 5.25. The van der Waals surface area contributed by atoms with E-state index in [1.807, 2.05) is 48.8 Å². The molecular weight excluding hydrogens is 445 g/mol. The molecular formula is C23H23Cl2N7. The van der Waals surface area contributed by atoms with E-state index >= 15 is 0 Å². The molecule has 3 aromatic heterocycles. The monoisotopic (exact) mass is 467 g/mol. The highest BCUT2D eigenvalue weighted by Crippen LogP contribution is 2.32. The molecule has 1 saturated heterocycles. The van der Waals surface area contributed by atoms with Crippen LogP contribution >= 0.6 is 24.8 Å². The summed E-state index contributed by atoms with van der Waals surface area (Å²) in [6.45, 7) is 3.33. The van der Waals surface area contributed by atoms with Gasteiger partial charge in [0.15, 0.2) is 5.82 Å². The fraction of sp³-hybridized carbons (Fsp3) is 0.174. The van der Waals surface area contributed by atoms with E-state index in [9.17, 15) is 0 Å². The number of nitrogens with zero attached hydrogens (tertiary/aromatic N) is 7. The molecule has 0 radical (unpaired) electrons. The molecule has 0 spiro atoms. The highest BCUT2D eigenvalue weighted by Gasteiger charge is 2.23. The van der Waals surface area contributed by atoms with Gasteiger partial charge in [-0.1, -0.05) is 30.3 Å². The van der Waals surface area contributed by atoms with Crippen molar-refractivity contribution in [2.75, 3.05) is 36.0 Å². The van der Waals surface area contributed by atoms with Gasteiger partial charge in [-0.05, 0) is 29.8 Å². The van der Waals surface area contributed by atoms with Gasteiger partial charge in [0.05, 0.1) is 5.69 Å². The summed E-state index contributed by atoms with van der Waals surface area (Å²) < 4.78 is 0. The Labute approximate surface area is 199 Å². The second kappa shape index (κ2) is 10.8. The topological polar surface area (TPSA) is 70.9 Å². The third kappa shape index (κ3) is 4.95. The largest absolute Gasteiger partial charge is 0.351 e. The lowest BCUT2D eigenvalue weighted by atomic mass is 10.0. The Hall–Kier alpha value is -3.29. The molecule has 0 bridgehead atoms. The summed E-state index contributed by atoms with van der Waals surface area (Å²) in [5.74, 6) is 1.67. The van der Waals surface area contributed by atoms with Crippen LogP contribution in [0, 0.1) is 0 Å². The van der Waals surface area contributed by atoms with Gasteiger partial charge in [0, 0.05) is 62.1 Å². The highest BCUT2D eigenvalue weighted by atomic mass is 35.5. The predicted molar refractivity (Wildman–Crippen MR) is 132 cm³/mol. The summed E-state index contributed by atoms with van der Waals surface area (Å²) in [7, 11) is 0. The maximum atomic E-state index is 4.66. The molecule has 0 aliphatic carbocycles. The van der Waals surface area contributed by atoms with Crippen molar-refractivity contribution in [2.24, 2.45) is 0 Å². The summed E-state index contributed by atoms with van der Waals surface area (Å²) in [5, 5.41) is 9.20. The SMILES string of the molecule is Cl.Cl.c1ccc(-c2cc(-c3ccncc3)c(N3CCN(c4ncccn4)CC3)nn2)cc1. The number of pyridine rings is 1. The quantitative estimate of drug-likeness (QED) is 0.445. The van der Waals surface area contributed by atoms with Crippen molar-refractivity contribution < 1.29 is 0 Å². The minimum absolute atomic E-state index is 0. The smallest absolute Gasteiger partial charge is 0.225 e. The molecule has 4 aromatic rings. The van der Waals surface area contributed by atoms with Crippen LogP contribution in [-0.4, -0.2) is 51.3 Å². The van der Waals surface area contributed by atoms with Crippen molar-refractivity contribution in [3.63, 3.8) is 0 Å². The molecule has 164 valence electrons. The first-order valence-electron chi connectivity index (χ1n) is 9.99. The third-order valence-corrected chi connectivity index (χ3v) is 5.25. The molecule has 1 aliphatic heterocycles. The molecule has 9 heteroatoms. The average molecular weight is 468 g/mol. The van der Waals surface area contributed by atoms with Crippen LogP contribution in [-0.2, 0) is 0 Å². The number of hydrogen-bond acceptors (Lipinski definition) is 7. The maximum Gasteiger partial charge on any atom is 0.225 e. The molecule has 0 amide bonds. The Morgan fingerprint density at radius 2 is 1.28 bits per heavy atom. The second-order valence-corrected chi connectivity index (χ2v) is 7.09. The van der Waals surface area contributed by atoms with Gasteiger partial charge >= 0.3 is 0 Å². The molecule has 4 heterocycles. The molecule has 5 rings (SSSR count). The van der Waals surface area contributed by atoms with E-state index in [-0.39, 0.29) is 24.8 Å². The van der Waals surface area contributed by atoms with Crippen molar-refractivity contribution >= 4 is 36.6 Å². The first-order valence-corrected chi connectivity index (χ1v) is 9.99. The Bertz CT molecular complexity index is 1110. The lowest BCUT2D eigenvalue weighted by molar-refractivity contribution is 0.632. The Kier molecular flexibility index (Phi) is 7.92. The summed E-state index contributed by atoms with van der Waals surface area (Å²) in [6, 6.07) is 18.1. The number of rotatable bonds is 4. The number of anilines is 2. The van der Waals surface area contributed by atoms with E-state index in [0.29, 0.717) is 0 Å². The molecule has 7 nitrogen and oxygen atoms in total. The van der Waals surface area contributed by atoms with Crippen LogP contribution in [0.25, 0.3) is 22.4 Å². The first-order chi connectivity index (χ1) is 14.9. The van der Waals surface area contributed by atoms with Gasteiger partial charge in [0.25, 0.3) is 0 Å². The molecule has 0 unspecified atom stereocenters. The zero-order valence-electron chi connectivity index (χ0n) is 17.3. The van der Waals surface area contributed by atoms with Crippen molar-refractivity contribution in [3.8, 4) is 22.4 Å². The van der Waals surface area contributed by atoms with E-state index in [2.05, 4.69) is 53.1 Å². The lowest BCUT2D eigenvalue weighted by Crippen LogP contribution is -2.47.